The van der Waals surface area contributed by atoms with E-state index in [1.807, 2.05) is 14.1 Å². The molecule has 8 heteroatoms. The Balaban J connectivity index is 1.30. The van der Waals surface area contributed by atoms with E-state index in [-0.39, 0.29) is 12.3 Å². The number of nitrogens with zero attached hydrogens (tertiary/aromatic N) is 3. The van der Waals surface area contributed by atoms with Gasteiger partial charge in [0.25, 0.3) is 11.1 Å². The van der Waals surface area contributed by atoms with Gasteiger partial charge in [0.2, 0.25) is 6.23 Å². The topological polar surface area (TPSA) is 81.1 Å². The molecule has 1 aliphatic heterocycles. The Morgan fingerprint density at radius 1 is 1.19 bits per heavy atom. The Labute approximate surface area is 155 Å². The molecule has 2 aromatic heterocycles. The quantitative estimate of drug-likeness (QED) is 0.663. The van der Waals surface area contributed by atoms with Crippen LogP contribution in [0.4, 0.5) is 5.69 Å². The second-order valence-electron chi connectivity index (χ2n) is 6.30. The standard InChI is InChI=1S/C18H20N4O3S/c1-22(2)13-7-5-12(6-8-13)16-19-10-14(24-16)11-26-18-21-20-17(25-18)15-4-3-9-23-15/h3-9,14,16,19H,10-11H2,1-2H3/p+1/t14-,16+/m1/s1. The van der Waals surface area contributed by atoms with Gasteiger partial charge in [0.1, 0.15) is 12.6 Å². The number of nitrogens with two attached hydrogens (primary N) is 1. The van der Waals surface area contributed by atoms with Crippen molar-refractivity contribution in [3.63, 3.8) is 0 Å². The molecule has 0 radical (unpaired) electrons. The highest BCUT2D eigenvalue weighted by Gasteiger charge is 2.30. The van der Waals surface area contributed by atoms with Crippen molar-refractivity contribution in [1.29, 1.82) is 0 Å². The highest BCUT2D eigenvalue weighted by Crippen LogP contribution is 2.26. The lowest BCUT2D eigenvalue weighted by molar-refractivity contribution is -0.697. The molecular formula is C18H21N4O3S+. The third-order valence-electron chi connectivity index (χ3n) is 4.22. The summed E-state index contributed by atoms with van der Waals surface area (Å²) in [6, 6.07) is 12.1. The van der Waals surface area contributed by atoms with Gasteiger partial charge in [0.05, 0.1) is 6.26 Å². The molecule has 2 atom stereocenters. The van der Waals surface area contributed by atoms with E-state index in [0.29, 0.717) is 16.9 Å². The summed E-state index contributed by atoms with van der Waals surface area (Å²) in [6.45, 7) is 0.909. The van der Waals surface area contributed by atoms with Crippen LogP contribution in [0.25, 0.3) is 11.7 Å². The van der Waals surface area contributed by atoms with E-state index in [9.17, 15) is 0 Å². The Kier molecular flexibility index (Phi) is 4.96. The first kappa shape index (κ1) is 17.1. The number of thioether (sulfide) groups is 1. The minimum atomic E-state index is 0.0400. The van der Waals surface area contributed by atoms with E-state index in [0.717, 1.165) is 12.3 Å². The maximum absolute atomic E-state index is 6.15. The average Bonchev–Trinajstić information content (AvgIpc) is 3.40. The van der Waals surface area contributed by atoms with Crippen LogP contribution in [0.2, 0.25) is 0 Å². The van der Waals surface area contributed by atoms with Crippen LogP contribution in [0.15, 0.2) is 56.7 Å². The van der Waals surface area contributed by atoms with Crippen LogP contribution in [0, 0.1) is 0 Å². The molecule has 0 bridgehead atoms. The molecule has 3 aromatic rings. The van der Waals surface area contributed by atoms with Crippen molar-refractivity contribution in [2.75, 3.05) is 31.3 Å². The summed E-state index contributed by atoms with van der Waals surface area (Å²) in [7, 11) is 4.07. The van der Waals surface area contributed by atoms with Gasteiger partial charge in [0, 0.05) is 31.1 Å². The number of hydrogen-bond acceptors (Lipinski definition) is 7. The predicted molar refractivity (Wildman–Crippen MR) is 97.9 cm³/mol. The van der Waals surface area contributed by atoms with Gasteiger partial charge in [-0.15, -0.1) is 10.2 Å². The zero-order valence-electron chi connectivity index (χ0n) is 14.7. The van der Waals surface area contributed by atoms with Crippen LogP contribution in [0.3, 0.4) is 0 Å². The summed E-state index contributed by atoms with van der Waals surface area (Å²) in [6.07, 6.45) is 1.76. The summed E-state index contributed by atoms with van der Waals surface area (Å²) < 4.78 is 17.0. The van der Waals surface area contributed by atoms with Gasteiger partial charge in [-0.05, 0) is 36.4 Å². The maximum atomic E-state index is 6.15. The Hall–Kier alpha value is -2.29. The minimum absolute atomic E-state index is 0.0400. The van der Waals surface area contributed by atoms with Crippen molar-refractivity contribution in [2.45, 2.75) is 17.6 Å². The van der Waals surface area contributed by atoms with Gasteiger partial charge in [0.15, 0.2) is 5.76 Å². The highest BCUT2D eigenvalue weighted by atomic mass is 32.2. The Morgan fingerprint density at radius 3 is 2.77 bits per heavy atom. The van der Waals surface area contributed by atoms with Crippen molar-refractivity contribution in [2.24, 2.45) is 0 Å². The van der Waals surface area contributed by atoms with Crippen LogP contribution in [-0.4, -0.2) is 42.7 Å². The monoisotopic (exact) mass is 373 g/mol. The van der Waals surface area contributed by atoms with E-state index in [2.05, 4.69) is 44.7 Å². The van der Waals surface area contributed by atoms with Crippen LogP contribution < -0.4 is 10.2 Å². The van der Waals surface area contributed by atoms with Gasteiger partial charge in [-0.2, -0.15) is 0 Å². The fourth-order valence-electron chi connectivity index (χ4n) is 2.81. The predicted octanol–water partition coefficient (Wildman–Crippen LogP) is 2.15. The lowest BCUT2D eigenvalue weighted by Gasteiger charge is -2.14. The number of furan rings is 1. The molecule has 1 aliphatic rings. The molecule has 1 aromatic carbocycles. The van der Waals surface area contributed by atoms with E-state index in [4.69, 9.17) is 13.6 Å². The Morgan fingerprint density at radius 2 is 2.04 bits per heavy atom. The molecule has 0 amide bonds. The average molecular weight is 373 g/mol. The zero-order valence-corrected chi connectivity index (χ0v) is 15.5. The van der Waals surface area contributed by atoms with Gasteiger partial charge in [-0.1, -0.05) is 11.8 Å². The third kappa shape index (κ3) is 3.77. The fraction of sp³-hybridized carbons (Fsp3) is 0.333. The molecule has 0 aliphatic carbocycles. The minimum Gasteiger partial charge on any atom is -0.459 e. The number of anilines is 1. The molecule has 0 saturated carbocycles. The SMILES string of the molecule is CN(C)c1ccc([C@H]2[NH2+]C[C@H](CSc3nnc(-c4ccco4)o3)O2)cc1. The smallest absolute Gasteiger partial charge is 0.284 e. The second-order valence-corrected chi connectivity index (χ2v) is 7.27. The first-order valence-electron chi connectivity index (χ1n) is 8.45. The molecule has 0 unspecified atom stereocenters. The molecule has 7 nitrogen and oxygen atoms in total. The molecule has 1 fully saturated rings. The summed E-state index contributed by atoms with van der Waals surface area (Å²) in [5.41, 5.74) is 2.36. The zero-order chi connectivity index (χ0) is 17.9. The van der Waals surface area contributed by atoms with Crippen molar-refractivity contribution < 1.29 is 18.9 Å². The van der Waals surface area contributed by atoms with Gasteiger partial charge < -0.3 is 23.8 Å². The highest BCUT2D eigenvalue weighted by molar-refractivity contribution is 7.99. The van der Waals surface area contributed by atoms with Gasteiger partial charge in [-0.3, -0.25) is 0 Å². The van der Waals surface area contributed by atoms with Crippen LogP contribution in [0.5, 0.6) is 0 Å². The molecule has 1 saturated heterocycles. The molecule has 4 rings (SSSR count). The molecule has 2 N–H and O–H groups in total. The number of benzene rings is 1. The van der Waals surface area contributed by atoms with Gasteiger partial charge in [-0.25, -0.2) is 0 Å². The van der Waals surface area contributed by atoms with Gasteiger partial charge >= 0.3 is 0 Å². The van der Waals surface area contributed by atoms with Crippen molar-refractivity contribution >= 4 is 17.4 Å². The van der Waals surface area contributed by atoms with Crippen LogP contribution in [0.1, 0.15) is 11.8 Å². The van der Waals surface area contributed by atoms with E-state index in [1.54, 1.807) is 18.4 Å². The molecule has 26 heavy (non-hydrogen) atoms. The van der Waals surface area contributed by atoms with Crippen LogP contribution >= 0.6 is 11.8 Å². The van der Waals surface area contributed by atoms with Crippen molar-refractivity contribution in [1.82, 2.24) is 10.2 Å². The molecule has 0 spiro atoms. The van der Waals surface area contributed by atoms with Crippen molar-refractivity contribution in [3.8, 4) is 11.7 Å². The molecule has 3 heterocycles. The lowest BCUT2D eigenvalue weighted by Crippen LogP contribution is -2.82. The summed E-state index contributed by atoms with van der Waals surface area (Å²) in [4.78, 5) is 2.09. The summed E-state index contributed by atoms with van der Waals surface area (Å²) >= 11 is 1.51. The normalized spacial score (nSPS) is 19.8. The third-order valence-corrected chi connectivity index (χ3v) is 5.17. The largest absolute Gasteiger partial charge is 0.459 e. The number of ether oxygens (including phenoxy) is 1. The first-order valence-corrected chi connectivity index (χ1v) is 9.44. The maximum Gasteiger partial charge on any atom is 0.284 e. The number of rotatable bonds is 6. The lowest BCUT2D eigenvalue weighted by atomic mass is 10.2. The molecule has 136 valence electrons. The van der Waals surface area contributed by atoms with E-state index < -0.39 is 0 Å². The number of quaternary nitrogens is 1. The summed E-state index contributed by atoms with van der Waals surface area (Å²) in [5, 5.41) is 10.8. The summed E-state index contributed by atoms with van der Waals surface area (Å²) in [5.74, 6) is 1.74. The fourth-order valence-corrected chi connectivity index (χ4v) is 3.59. The Bertz CT molecular complexity index is 833. The second kappa shape index (κ2) is 7.53. The van der Waals surface area contributed by atoms with Crippen LogP contribution in [-0.2, 0) is 4.74 Å². The van der Waals surface area contributed by atoms with Crippen molar-refractivity contribution in [3.05, 3.63) is 48.2 Å². The van der Waals surface area contributed by atoms with E-state index >= 15 is 0 Å². The number of hydrogen-bond donors (Lipinski definition) is 1. The first-order chi connectivity index (χ1) is 12.7. The number of aromatic nitrogens is 2. The van der Waals surface area contributed by atoms with E-state index in [1.165, 1.54) is 23.0 Å². The molecular weight excluding hydrogens is 352 g/mol.